The fraction of sp³-hybridized carbons (Fsp3) is 0.417. The van der Waals surface area contributed by atoms with Gasteiger partial charge in [-0.15, -0.1) is 11.8 Å². The van der Waals surface area contributed by atoms with Crippen LogP contribution in [0.1, 0.15) is 20.8 Å². The first kappa shape index (κ1) is 13.7. The van der Waals surface area contributed by atoms with Crippen molar-refractivity contribution in [1.82, 2.24) is 0 Å². The second-order valence-corrected chi connectivity index (χ2v) is 5.71. The number of rotatable bonds is 3. The van der Waals surface area contributed by atoms with Crippen molar-refractivity contribution in [2.45, 2.75) is 31.3 Å². The number of nitrogens with two attached hydrogens (primary N) is 2. The first-order valence-corrected chi connectivity index (χ1v) is 6.26. The lowest BCUT2D eigenvalue weighted by Crippen LogP contribution is -2.24. The van der Waals surface area contributed by atoms with Crippen LogP contribution in [0.15, 0.2) is 23.1 Å². The van der Waals surface area contributed by atoms with Gasteiger partial charge in [0.05, 0.1) is 17.1 Å². The largest absolute Gasteiger partial charge is 0.459 e. The Bertz CT molecular complexity index is 413. The van der Waals surface area contributed by atoms with Gasteiger partial charge < -0.3 is 16.2 Å². The maximum atomic E-state index is 11.5. The van der Waals surface area contributed by atoms with Gasteiger partial charge in [0.15, 0.2) is 0 Å². The molecule has 0 amide bonds. The van der Waals surface area contributed by atoms with Gasteiger partial charge in [-0.25, -0.2) is 0 Å². The molecule has 0 atom stereocenters. The number of anilines is 2. The summed E-state index contributed by atoms with van der Waals surface area (Å²) in [5, 5.41) is 0. The molecule has 1 rings (SSSR count). The summed E-state index contributed by atoms with van der Waals surface area (Å²) >= 11 is 1.38. The average molecular weight is 254 g/mol. The Morgan fingerprint density at radius 3 is 2.47 bits per heavy atom. The van der Waals surface area contributed by atoms with Gasteiger partial charge in [-0.2, -0.15) is 0 Å². The maximum Gasteiger partial charge on any atom is 0.316 e. The van der Waals surface area contributed by atoms with Crippen molar-refractivity contribution in [3.8, 4) is 0 Å². The minimum Gasteiger partial charge on any atom is -0.459 e. The molecule has 0 saturated carbocycles. The highest BCUT2D eigenvalue weighted by atomic mass is 32.2. The van der Waals surface area contributed by atoms with E-state index in [-0.39, 0.29) is 11.7 Å². The van der Waals surface area contributed by atoms with Gasteiger partial charge >= 0.3 is 5.97 Å². The molecule has 17 heavy (non-hydrogen) atoms. The van der Waals surface area contributed by atoms with Crippen LogP contribution in [-0.4, -0.2) is 17.3 Å². The Morgan fingerprint density at radius 2 is 1.94 bits per heavy atom. The van der Waals surface area contributed by atoms with Gasteiger partial charge in [0.1, 0.15) is 5.60 Å². The maximum absolute atomic E-state index is 11.5. The number of hydrogen-bond acceptors (Lipinski definition) is 5. The molecule has 4 N–H and O–H groups in total. The third-order valence-electron chi connectivity index (χ3n) is 1.83. The molecule has 1 aromatic carbocycles. The summed E-state index contributed by atoms with van der Waals surface area (Å²) in [6.07, 6.45) is 0. The van der Waals surface area contributed by atoms with Crippen molar-refractivity contribution in [1.29, 1.82) is 0 Å². The van der Waals surface area contributed by atoms with E-state index in [1.165, 1.54) is 11.8 Å². The number of benzene rings is 1. The molecule has 0 aliphatic heterocycles. The highest BCUT2D eigenvalue weighted by Gasteiger charge is 2.16. The number of nitrogen functional groups attached to an aromatic ring is 2. The molecule has 0 aliphatic carbocycles. The van der Waals surface area contributed by atoms with Crippen LogP contribution >= 0.6 is 11.8 Å². The lowest BCUT2D eigenvalue weighted by Gasteiger charge is -2.19. The Labute approximate surface area is 106 Å². The van der Waals surface area contributed by atoms with E-state index in [1.54, 1.807) is 12.1 Å². The molecule has 0 radical (unpaired) electrons. The summed E-state index contributed by atoms with van der Waals surface area (Å²) < 4.78 is 5.20. The average Bonchev–Trinajstić information content (AvgIpc) is 2.17. The van der Waals surface area contributed by atoms with Crippen LogP contribution < -0.4 is 11.5 Å². The zero-order chi connectivity index (χ0) is 13.1. The van der Waals surface area contributed by atoms with E-state index in [9.17, 15) is 4.79 Å². The fourth-order valence-electron chi connectivity index (χ4n) is 1.16. The lowest BCUT2D eigenvalue weighted by atomic mass is 10.2. The van der Waals surface area contributed by atoms with Crippen molar-refractivity contribution in [3.63, 3.8) is 0 Å². The number of hydrogen-bond donors (Lipinski definition) is 2. The lowest BCUT2D eigenvalue weighted by molar-refractivity contribution is -0.151. The molecule has 0 spiro atoms. The third kappa shape index (κ3) is 4.99. The summed E-state index contributed by atoms with van der Waals surface area (Å²) in [6, 6.07) is 5.32. The van der Waals surface area contributed by atoms with E-state index in [2.05, 4.69) is 0 Å². The summed E-state index contributed by atoms with van der Waals surface area (Å²) in [7, 11) is 0. The normalized spacial score (nSPS) is 11.2. The standard InChI is InChI=1S/C12H18N2O2S/c1-12(2,3)16-11(15)7-17-8-4-5-9(13)10(14)6-8/h4-6H,7,13-14H2,1-3H3. The summed E-state index contributed by atoms with van der Waals surface area (Å²) in [6.45, 7) is 5.53. The van der Waals surface area contributed by atoms with Gasteiger partial charge in [0.25, 0.3) is 0 Å². The fourth-order valence-corrected chi connectivity index (χ4v) is 1.87. The zero-order valence-corrected chi connectivity index (χ0v) is 11.1. The third-order valence-corrected chi connectivity index (χ3v) is 2.80. The van der Waals surface area contributed by atoms with E-state index in [4.69, 9.17) is 16.2 Å². The molecule has 0 heterocycles. The SMILES string of the molecule is CC(C)(C)OC(=O)CSc1ccc(N)c(N)c1. The molecule has 0 fully saturated rings. The number of carbonyl (C=O) groups is 1. The van der Waals surface area contributed by atoms with Gasteiger partial charge in [0, 0.05) is 4.90 Å². The number of thioether (sulfide) groups is 1. The molecule has 0 aromatic heterocycles. The van der Waals surface area contributed by atoms with Crippen LogP contribution in [-0.2, 0) is 9.53 Å². The van der Waals surface area contributed by atoms with Gasteiger partial charge in [-0.05, 0) is 39.0 Å². The van der Waals surface area contributed by atoms with Crippen LogP contribution in [0, 0.1) is 0 Å². The summed E-state index contributed by atoms with van der Waals surface area (Å²) in [5.74, 6) is 0.0265. The quantitative estimate of drug-likeness (QED) is 0.491. The smallest absolute Gasteiger partial charge is 0.316 e. The van der Waals surface area contributed by atoms with E-state index >= 15 is 0 Å². The molecule has 4 nitrogen and oxygen atoms in total. The topological polar surface area (TPSA) is 78.3 Å². The van der Waals surface area contributed by atoms with Crippen LogP contribution in [0.25, 0.3) is 0 Å². The molecular formula is C12H18N2O2S. The molecule has 0 aliphatic rings. The molecule has 0 bridgehead atoms. The number of esters is 1. The first-order valence-electron chi connectivity index (χ1n) is 5.27. The summed E-state index contributed by atoms with van der Waals surface area (Å²) in [5.41, 5.74) is 11.9. The van der Waals surface area contributed by atoms with Crippen molar-refractivity contribution in [2.24, 2.45) is 0 Å². The Kier molecular flexibility index (Phi) is 4.28. The second kappa shape index (κ2) is 5.31. The van der Waals surface area contributed by atoms with Gasteiger partial charge in [-0.3, -0.25) is 4.79 Å². The Hall–Kier alpha value is -1.36. The Balaban J connectivity index is 2.50. The molecular weight excluding hydrogens is 236 g/mol. The number of carbonyl (C=O) groups excluding carboxylic acids is 1. The second-order valence-electron chi connectivity index (χ2n) is 4.67. The van der Waals surface area contributed by atoms with Crippen molar-refractivity contribution >= 4 is 29.1 Å². The predicted octanol–water partition coefficient (Wildman–Crippen LogP) is 2.28. The summed E-state index contributed by atoms with van der Waals surface area (Å²) in [4.78, 5) is 12.4. The van der Waals surface area contributed by atoms with Gasteiger partial charge in [-0.1, -0.05) is 0 Å². The molecule has 0 saturated heterocycles. The highest BCUT2D eigenvalue weighted by Crippen LogP contribution is 2.24. The van der Waals surface area contributed by atoms with Crippen LogP contribution in [0.4, 0.5) is 11.4 Å². The van der Waals surface area contributed by atoms with Crippen molar-refractivity contribution < 1.29 is 9.53 Å². The van der Waals surface area contributed by atoms with Gasteiger partial charge in [0.2, 0.25) is 0 Å². The molecule has 1 aromatic rings. The minimum atomic E-state index is -0.447. The van der Waals surface area contributed by atoms with Crippen molar-refractivity contribution in [2.75, 3.05) is 17.2 Å². The molecule has 94 valence electrons. The van der Waals surface area contributed by atoms with E-state index in [0.717, 1.165) is 4.90 Å². The van der Waals surface area contributed by atoms with Crippen LogP contribution in [0.5, 0.6) is 0 Å². The molecule has 5 heteroatoms. The first-order chi connectivity index (χ1) is 7.78. The monoisotopic (exact) mass is 254 g/mol. The van der Waals surface area contributed by atoms with E-state index in [0.29, 0.717) is 11.4 Å². The van der Waals surface area contributed by atoms with E-state index in [1.807, 2.05) is 26.8 Å². The minimum absolute atomic E-state index is 0.238. The predicted molar refractivity (Wildman–Crippen MR) is 71.8 cm³/mol. The van der Waals surface area contributed by atoms with E-state index < -0.39 is 5.60 Å². The molecule has 0 unspecified atom stereocenters. The number of ether oxygens (including phenoxy) is 1. The van der Waals surface area contributed by atoms with Crippen molar-refractivity contribution in [3.05, 3.63) is 18.2 Å². The zero-order valence-electron chi connectivity index (χ0n) is 10.3. The van der Waals surface area contributed by atoms with Crippen LogP contribution in [0.3, 0.4) is 0 Å². The van der Waals surface area contributed by atoms with Crippen LogP contribution in [0.2, 0.25) is 0 Å². The highest BCUT2D eigenvalue weighted by molar-refractivity contribution is 8.00. The Morgan fingerprint density at radius 1 is 1.29 bits per heavy atom.